The fraction of sp³-hybridized carbons (Fsp3) is 0.887. The highest BCUT2D eigenvalue weighted by Gasteiger charge is 2.75. The van der Waals surface area contributed by atoms with Crippen LogP contribution in [-0.2, 0) is 42.7 Å². The molecule has 21 heteroatoms. The largest absolute Gasteiger partial charge is 0.479 e. The number of aliphatic hydroxyl groups is 11. The van der Waals surface area contributed by atoms with Crippen LogP contribution in [0.4, 0.5) is 0 Å². The zero-order valence-electron chi connectivity index (χ0n) is 44.3. The zero-order valence-corrected chi connectivity index (χ0v) is 44.3. The monoisotopic (exact) mass is 1060 g/mol. The normalized spacial score (nSPS) is 51.7. The molecule has 3 heterocycles. The van der Waals surface area contributed by atoms with Crippen LogP contribution in [0.1, 0.15) is 114 Å². The number of hydrogen-bond donors (Lipinski definition) is 12. The maximum atomic E-state index is 13.3. The lowest BCUT2D eigenvalue weighted by molar-refractivity contribution is -0.390. The average molecular weight is 1060 g/mol. The Morgan fingerprint density at radius 1 is 0.689 bits per heavy atom. The summed E-state index contributed by atoms with van der Waals surface area (Å²) in [5.41, 5.74) is -2.77. The van der Waals surface area contributed by atoms with Gasteiger partial charge in [-0.2, -0.15) is 0 Å². The van der Waals surface area contributed by atoms with Gasteiger partial charge in [0.25, 0.3) is 0 Å². The minimum Gasteiger partial charge on any atom is -0.479 e. The van der Waals surface area contributed by atoms with Gasteiger partial charge in [-0.3, -0.25) is 0 Å². The van der Waals surface area contributed by atoms with Gasteiger partial charge in [-0.25, -0.2) is 9.59 Å². The molecule has 3 saturated heterocycles. The lowest BCUT2D eigenvalue weighted by Crippen LogP contribution is -2.74. The van der Waals surface area contributed by atoms with E-state index in [9.17, 15) is 70.9 Å². The van der Waals surface area contributed by atoms with Crippen LogP contribution in [0.5, 0.6) is 0 Å². The van der Waals surface area contributed by atoms with E-state index >= 15 is 0 Å². The van der Waals surface area contributed by atoms with Crippen LogP contribution in [0.15, 0.2) is 23.3 Å². The molecule has 0 bridgehead atoms. The molecule has 7 fully saturated rings. The number of rotatable bonds is 11. The first-order valence-corrected chi connectivity index (χ1v) is 26.4. The Hall–Kier alpha value is -2.26. The number of carboxylic acid groups (broad SMARTS) is 1. The van der Waals surface area contributed by atoms with Crippen molar-refractivity contribution in [3.8, 4) is 0 Å². The second-order valence-corrected chi connectivity index (χ2v) is 25.4. The number of fused-ring (bicyclic) bond motifs is 7. The molecule has 0 aromatic heterocycles. The van der Waals surface area contributed by atoms with Crippen molar-refractivity contribution in [2.45, 2.75) is 231 Å². The molecule has 0 unspecified atom stereocenters. The predicted molar refractivity (Wildman–Crippen MR) is 257 cm³/mol. The van der Waals surface area contributed by atoms with E-state index in [2.05, 4.69) is 33.8 Å². The maximum Gasteiger partial charge on any atom is 0.335 e. The molecule has 0 amide bonds. The van der Waals surface area contributed by atoms with Crippen molar-refractivity contribution >= 4 is 11.9 Å². The first-order valence-electron chi connectivity index (χ1n) is 26.4. The van der Waals surface area contributed by atoms with Gasteiger partial charge in [0.05, 0.1) is 43.0 Å². The molecule has 4 saturated carbocycles. The lowest BCUT2D eigenvalue weighted by atomic mass is 9.32. The molecule has 21 nitrogen and oxygen atoms in total. The number of aliphatic hydroxyl groups excluding tert-OH is 11. The van der Waals surface area contributed by atoms with Gasteiger partial charge in [-0.15, -0.1) is 0 Å². The van der Waals surface area contributed by atoms with Crippen LogP contribution < -0.4 is 0 Å². The minimum atomic E-state index is -2.05. The number of aliphatic carboxylic acids is 1. The minimum absolute atomic E-state index is 0.0573. The van der Waals surface area contributed by atoms with Gasteiger partial charge < -0.3 is 94.4 Å². The number of carbonyl (C=O) groups is 2. The van der Waals surface area contributed by atoms with Crippen molar-refractivity contribution in [2.75, 3.05) is 13.2 Å². The SMILES string of the molecule is CC(C)=CC(=O)O[C@H]1CC(C)(C)C[C@H]2C3=CC[C@@H]4[C@@]5(C)CC[C@H](O[C@@H]6O[C@H](C(=O)O)[C@@H](O[C@@H]7O[C@@H](C)[C@H](O)[C@@H](O)[C@H]7O)[C@H](O)[C@H]6O[C@@H]6O[C@H](CO)[C@@H](O)[C@H](O)[C@H]6O)C(C)(C)[C@@H]5CC[C@@]4(C)[C@]3(C)[C@@H](O)[C@@H](O)[C@@]12CO. The third kappa shape index (κ3) is 9.06. The van der Waals surface area contributed by atoms with Crippen molar-refractivity contribution in [2.24, 2.45) is 50.2 Å². The third-order valence-electron chi connectivity index (χ3n) is 20.1. The van der Waals surface area contributed by atoms with Crippen LogP contribution in [0, 0.1) is 50.2 Å². The second kappa shape index (κ2) is 20.4. The number of carbonyl (C=O) groups excluding carboxylic acids is 1. The van der Waals surface area contributed by atoms with Crippen LogP contribution in [0.25, 0.3) is 0 Å². The van der Waals surface area contributed by atoms with Crippen molar-refractivity contribution in [1.29, 1.82) is 0 Å². The number of esters is 1. The van der Waals surface area contributed by atoms with E-state index in [0.29, 0.717) is 44.9 Å². The van der Waals surface area contributed by atoms with E-state index in [-0.39, 0.29) is 17.3 Å². The number of ether oxygens (including phenoxy) is 7. The molecule has 3 aliphatic heterocycles. The Bertz CT molecular complexity index is 2130. The Morgan fingerprint density at radius 2 is 1.31 bits per heavy atom. The molecule has 5 aliphatic carbocycles. The van der Waals surface area contributed by atoms with Crippen LogP contribution in [0.2, 0.25) is 0 Å². The topological polar surface area (TPSA) is 342 Å². The van der Waals surface area contributed by atoms with Gasteiger partial charge in [0.2, 0.25) is 0 Å². The zero-order chi connectivity index (χ0) is 54.7. The number of hydrogen-bond acceptors (Lipinski definition) is 20. The van der Waals surface area contributed by atoms with E-state index in [1.165, 1.54) is 13.0 Å². The molecule has 12 N–H and O–H groups in total. The summed E-state index contributed by atoms with van der Waals surface area (Å²) in [4.78, 5) is 26.3. The molecule has 0 spiro atoms. The van der Waals surface area contributed by atoms with Crippen LogP contribution in [0.3, 0.4) is 0 Å². The van der Waals surface area contributed by atoms with Gasteiger partial charge in [0.1, 0.15) is 67.1 Å². The summed E-state index contributed by atoms with van der Waals surface area (Å²) in [5, 5.41) is 134. The Balaban J connectivity index is 1.10. The van der Waals surface area contributed by atoms with Crippen LogP contribution >= 0.6 is 0 Å². The van der Waals surface area contributed by atoms with E-state index in [1.54, 1.807) is 13.8 Å². The fourth-order valence-electron chi connectivity index (χ4n) is 15.9. The van der Waals surface area contributed by atoms with E-state index in [1.807, 2.05) is 20.8 Å². The van der Waals surface area contributed by atoms with E-state index in [4.69, 9.17) is 33.2 Å². The lowest BCUT2D eigenvalue weighted by Gasteiger charge is -2.73. The summed E-state index contributed by atoms with van der Waals surface area (Å²) in [5.74, 6) is -2.77. The molecule has 0 aromatic carbocycles. The summed E-state index contributed by atoms with van der Waals surface area (Å²) in [7, 11) is 0. The summed E-state index contributed by atoms with van der Waals surface area (Å²) in [6.45, 7) is 18.4. The Morgan fingerprint density at radius 3 is 1.92 bits per heavy atom. The van der Waals surface area contributed by atoms with Crippen molar-refractivity contribution in [3.05, 3.63) is 23.3 Å². The average Bonchev–Trinajstić information content (AvgIpc) is 3.31. The fourth-order valence-corrected chi connectivity index (χ4v) is 15.9. The molecule has 8 rings (SSSR count). The number of carboxylic acids is 1. The van der Waals surface area contributed by atoms with Crippen molar-refractivity contribution in [1.82, 2.24) is 0 Å². The summed E-state index contributed by atoms with van der Waals surface area (Å²) < 4.78 is 42.4. The Labute approximate surface area is 432 Å². The van der Waals surface area contributed by atoms with Gasteiger partial charge in [0, 0.05) is 11.5 Å². The van der Waals surface area contributed by atoms with Gasteiger partial charge in [-0.05, 0) is 105 Å². The van der Waals surface area contributed by atoms with Gasteiger partial charge in [-0.1, -0.05) is 65.7 Å². The molecule has 0 radical (unpaired) electrons. The predicted octanol–water partition coefficient (Wildman–Crippen LogP) is 0.163. The van der Waals surface area contributed by atoms with Crippen molar-refractivity contribution in [3.63, 3.8) is 0 Å². The highest BCUT2D eigenvalue weighted by atomic mass is 16.8. The molecular weight excluding hydrogens is 973 g/mol. The first kappa shape index (κ1) is 57.9. The molecule has 422 valence electrons. The summed E-state index contributed by atoms with van der Waals surface area (Å²) in [6.07, 6.45) is -23.7. The number of allylic oxidation sites excluding steroid dienone is 2. The first-order chi connectivity index (χ1) is 34.4. The quantitative estimate of drug-likeness (QED) is 0.0568. The highest BCUT2D eigenvalue weighted by molar-refractivity contribution is 5.82. The molecule has 8 aliphatic rings. The molecule has 74 heavy (non-hydrogen) atoms. The highest BCUT2D eigenvalue weighted by Crippen LogP contribution is 2.76. The Kier molecular flexibility index (Phi) is 16.0. The third-order valence-corrected chi connectivity index (χ3v) is 20.1. The van der Waals surface area contributed by atoms with Crippen LogP contribution in [-0.4, -0.2) is 203 Å². The van der Waals surface area contributed by atoms with E-state index in [0.717, 1.165) is 11.1 Å². The summed E-state index contributed by atoms with van der Waals surface area (Å²) >= 11 is 0. The maximum absolute atomic E-state index is 13.3. The van der Waals surface area contributed by atoms with Gasteiger partial charge >= 0.3 is 11.9 Å². The second-order valence-electron chi connectivity index (χ2n) is 25.4. The molecule has 0 aromatic rings. The van der Waals surface area contributed by atoms with E-state index < -0.39 is 175 Å². The standard InChI is InChI=1S/C53H84O21/c1-22(2)17-31(56)70-30-19-48(4,5)18-25-24-11-12-28-50(8)15-14-29(49(6,7)27(50)13-16-51(28,9)52(24,10)42(64)43(65)53(25,30)21-55)71-47-40(73-46-37(62)35(60)33(58)26(20-54)69-46)38(63)39(41(74-47)44(66)67)72-45-36(61)34(59)32(57)23(3)68-45/h11,17,23,25-30,32-43,45-47,54-55,57-65H,12-16,18-21H2,1-10H3,(H,66,67)/t23-,25-,26+,27-,28+,29-,30-,32-,33+,34+,35-,36+,37+,38-,39-,40+,41-,42-,43+,45-,46-,47+,50-,51+,52-,53+/m0/s1. The smallest absolute Gasteiger partial charge is 0.335 e. The van der Waals surface area contributed by atoms with Gasteiger partial charge in [0.15, 0.2) is 25.0 Å². The van der Waals surface area contributed by atoms with Crippen molar-refractivity contribution < 1.29 is 104 Å². The molecule has 26 atom stereocenters. The molecular formula is C53H84O21. The summed E-state index contributed by atoms with van der Waals surface area (Å²) in [6, 6.07) is 0.